The zero-order chi connectivity index (χ0) is 14.2. The van der Waals surface area contributed by atoms with Crippen molar-refractivity contribution in [1.29, 1.82) is 0 Å². The second-order valence-electron chi connectivity index (χ2n) is 5.04. The van der Waals surface area contributed by atoms with E-state index in [0.29, 0.717) is 0 Å². The van der Waals surface area contributed by atoms with Crippen LogP contribution >= 0.6 is 11.6 Å². The second kappa shape index (κ2) is 5.38. The molecule has 1 aromatic carbocycles. The monoisotopic (exact) mass is 305 g/mol. The first-order valence-corrected chi connectivity index (χ1v) is 8.14. The summed E-state index contributed by atoms with van der Waals surface area (Å²) in [6, 6.07) is 3.45. The molecule has 1 aliphatic rings. The molecule has 0 radical (unpaired) electrons. The maximum Gasteiger partial charge on any atom is 0.243 e. The van der Waals surface area contributed by atoms with Gasteiger partial charge in [-0.1, -0.05) is 18.0 Å². The van der Waals surface area contributed by atoms with Gasteiger partial charge in [0.1, 0.15) is 5.82 Å². The molecule has 6 heteroatoms. The summed E-state index contributed by atoms with van der Waals surface area (Å²) in [7, 11) is -3.62. The van der Waals surface area contributed by atoms with Crippen LogP contribution in [0.15, 0.2) is 23.1 Å². The Morgan fingerprint density at radius 2 is 1.84 bits per heavy atom. The topological polar surface area (TPSA) is 37.4 Å². The molecule has 0 N–H and O–H groups in total. The SMILES string of the molecule is CC1CCCC(C)N1S(=O)(=O)c1ccc(F)c(Cl)c1. The summed E-state index contributed by atoms with van der Waals surface area (Å²) >= 11 is 5.67. The number of nitrogens with zero attached hydrogens (tertiary/aromatic N) is 1. The van der Waals surface area contributed by atoms with Gasteiger partial charge in [-0.2, -0.15) is 4.31 Å². The number of rotatable bonds is 2. The van der Waals surface area contributed by atoms with Gasteiger partial charge in [-0.05, 0) is 44.9 Å². The van der Waals surface area contributed by atoms with Crippen molar-refractivity contribution in [2.24, 2.45) is 0 Å². The van der Waals surface area contributed by atoms with Crippen molar-refractivity contribution in [2.75, 3.05) is 0 Å². The van der Waals surface area contributed by atoms with Gasteiger partial charge in [0.25, 0.3) is 0 Å². The van der Waals surface area contributed by atoms with E-state index >= 15 is 0 Å². The summed E-state index contributed by atoms with van der Waals surface area (Å²) in [5, 5.41) is -0.168. The van der Waals surface area contributed by atoms with E-state index in [1.165, 1.54) is 16.4 Å². The van der Waals surface area contributed by atoms with Crippen LogP contribution in [0.3, 0.4) is 0 Å². The number of hydrogen-bond acceptors (Lipinski definition) is 2. The average Bonchev–Trinajstić information content (AvgIpc) is 2.32. The lowest BCUT2D eigenvalue weighted by atomic mass is 10.0. The minimum Gasteiger partial charge on any atom is -0.207 e. The van der Waals surface area contributed by atoms with Crippen LogP contribution in [0.4, 0.5) is 4.39 Å². The Bertz CT molecular complexity index is 566. The maximum absolute atomic E-state index is 13.1. The molecule has 0 spiro atoms. The second-order valence-corrected chi connectivity index (χ2v) is 7.29. The van der Waals surface area contributed by atoms with Crippen LogP contribution in [0, 0.1) is 5.82 Å². The van der Waals surface area contributed by atoms with Gasteiger partial charge in [-0.25, -0.2) is 12.8 Å². The fourth-order valence-corrected chi connectivity index (χ4v) is 4.78. The molecule has 1 saturated heterocycles. The van der Waals surface area contributed by atoms with Crippen molar-refractivity contribution in [3.63, 3.8) is 0 Å². The van der Waals surface area contributed by atoms with Crippen molar-refractivity contribution in [3.05, 3.63) is 29.0 Å². The third-order valence-electron chi connectivity index (χ3n) is 3.58. The van der Waals surface area contributed by atoms with E-state index in [2.05, 4.69) is 0 Å². The smallest absolute Gasteiger partial charge is 0.207 e. The molecular formula is C13H17ClFNO2S. The molecule has 3 nitrogen and oxygen atoms in total. The molecule has 1 heterocycles. The van der Waals surface area contributed by atoms with Crippen molar-refractivity contribution >= 4 is 21.6 Å². The van der Waals surface area contributed by atoms with Gasteiger partial charge in [-0.15, -0.1) is 0 Å². The molecule has 0 aromatic heterocycles. The van der Waals surface area contributed by atoms with Crippen LogP contribution < -0.4 is 0 Å². The standard InChI is InChI=1S/C13H17ClFNO2S/c1-9-4-3-5-10(2)16(9)19(17,18)11-6-7-13(15)12(14)8-11/h6-10H,3-5H2,1-2H3. The Labute approximate surface area is 118 Å². The first-order chi connectivity index (χ1) is 8.84. The molecule has 2 unspecified atom stereocenters. The number of piperidine rings is 1. The molecule has 1 aromatic rings. The quantitative estimate of drug-likeness (QED) is 0.839. The Balaban J connectivity index is 2.43. The average molecular weight is 306 g/mol. The Hall–Kier alpha value is -0.650. The minimum atomic E-state index is -3.62. The number of halogens is 2. The molecule has 2 rings (SSSR count). The summed E-state index contributed by atoms with van der Waals surface area (Å²) in [5.41, 5.74) is 0. The highest BCUT2D eigenvalue weighted by Gasteiger charge is 2.35. The van der Waals surface area contributed by atoms with Gasteiger partial charge >= 0.3 is 0 Å². The first-order valence-electron chi connectivity index (χ1n) is 6.32. The Morgan fingerprint density at radius 1 is 1.26 bits per heavy atom. The van der Waals surface area contributed by atoms with Crippen LogP contribution in [0.2, 0.25) is 5.02 Å². The summed E-state index contributed by atoms with van der Waals surface area (Å²) in [5.74, 6) is -0.611. The van der Waals surface area contributed by atoms with Crippen LogP contribution in [-0.4, -0.2) is 24.8 Å². The van der Waals surface area contributed by atoms with Gasteiger partial charge < -0.3 is 0 Å². The summed E-state index contributed by atoms with van der Waals surface area (Å²) < 4.78 is 39.9. The highest BCUT2D eigenvalue weighted by molar-refractivity contribution is 7.89. The Kier molecular flexibility index (Phi) is 4.18. The zero-order valence-electron chi connectivity index (χ0n) is 10.9. The third-order valence-corrected chi connectivity index (χ3v) is 5.99. The van der Waals surface area contributed by atoms with Gasteiger partial charge in [0.15, 0.2) is 0 Å². The zero-order valence-corrected chi connectivity index (χ0v) is 12.5. The molecule has 106 valence electrons. The lowest BCUT2D eigenvalue weighted by Crippen LogP contribution is -2.47. The van der Waals surface area contributed by atoms with E-state index in [0.717, 1.165) is 25.3 Å². The number of sulfonamides is 1. The van der Waals surface area contributed by atoms with Crippen molar-refractivity contribution in [1.82, 2.24) is 4.31 Å². The first kappa shape index (κ1) is 14.8. The van der Waals surface area contributed by atoms with Crippen molar-refractivity contribution in [3.8, 4) is 0 Å². The molecule has 19 heavy (non-hydrogen) atoms. The van der Waals surface area contributed by atoms with Crippen LogP contribution in [0.1, 0.15) is 33.1 Å². The van der Waals surface area contributed by atoms with E-state index in [1.54, 1.807) is 0 Å². The molecule has 0 bridgehead atoms. The van der Waals surface area contributed by atoms with Crippen LogP contribution in [0.25, 0.3) is 0 Å². The maximum atomic E-state index is 13.1. The summed E-state index contributed by atoms with van der Waals surface area (Å²) in [6.45, 7) is 3.80. The van der Waals surface area contributed by atoms with Crippen LogP contribution in [0.5, 0.6) is 0 Å². The van der Waals surface area contributed by atoms with Gasteiger partial charge in [0, 0.05) is 12.1 Å². The van der Waals surface area contributed by atoms with Gasteiger partial charge in [0.05, 0.1) is 9.92 Å². The van der Waals surface area contributed by atoms with Gasteiger partial charge in [0.2, 0.25) is 10.0 Å². The van der Waals surface area contributed by atoms with E-state index in [9.17, 15) is 12.8 Å². The van der Waals surface area contributed by atoms with Crippen LogP contribution in [-0.2, 0) is 10.0 Å². The predicted octanol–water partition coefficient (Wildman–Crippen LogP) is 3.43. The van der Waals surface area contributed by atoms with E-state index in [4.69, 9.17) is 11.6 Å². The summed E-state index contributed by atoms with van der Waals surface area (Å²) in [6.07, 6.45) is 2.72. The molecule has 1 fully saturated rings. The van der Waals surface area contributed by atoms with E-state index in [-0.39, 0.29) is 22.0 Å². The summed E-state index contributed by atoms with van der Waals surface area (Å²) in [4.78, 5) is 0.0551. The highest BCUT2D eigenvalue weighted by Crippen LogP contribution is 2.30. The Morgan fingerprint density at radius 3 is 2.37 bits per heavy atom. The predicted molar refractivity (Wildman–Crippen MR) is 73.2 cm³/mol. The minimum absolute atomic E-state index is 0.0439. The van der Waals surface area contributed by atoms with E-state index < -0.39 is 15.8 Å². The lowest BCUT2D eigenvalue weighted by molar-refractivity contribution is 0.204. The largest absolute Gasteiger partial charge is 0.243 e. The number of hydrogen-bond donors (Lipinski definition) is 0. The van der Waals surface area contributed by atoms with Crippen molar-refractivity contribution < 1.29 is 12.8 Å². The number of benzene rings is 1. The molecule has 0 saturated carbocycles. The molecule has 0 amide bonds. The van der Waals surface area contributed by atoms with Crippen molar-refractivity contribution in [2.45, 2.75) is 50.1 Å². The van der Waals surface area contributed by atoms with Gasteiger partial charge in [-0.3, -0.25) is 0 Å². The fourth-order valence-electron chi connectivity index (χ4n) is 2.63. The normalized spacial score (nSPS) is 25.5. The molecule has 1 aliphatic heterocycles. The third kappa shape index (κ3) is 2.78. The highest BCUT2D eigenvalue weighted by atomic mass is 35.5. The fraction of sp³-hybridized carbons (Fsp3) is 0.538. The lowest BCUT2D eigenvalue weighted by Gasteiger charge is -2.37. The molecule has 2 atom stereocenters. The molecular weight excluding hydrogens is 289 g/mol. The van der Waals surface area contributed by atoms with E-state index in [1.807, 2.05) is 13.8 Å². The molecule has 0 aliphatic carbocycles.